The molecule has 3 N–H and O–H groups in total. The summed E-state index contributed by atoms with van der Waals surface area (Å²) in [5.74, 6) is -0.0816. The minimum atomic E-state index is -0.288. The lowest BCUT2D eigenvalue weighted by Crippen LogP contribution is -2.92. The zero-order chi connectivity index (χ0) is 19.9. The summed E-state index contributed by atoms with van der Waals surface area (Å²) in [5, 5.41) is 16.1. The highest BCUT2D eigenvalue weighted by atomic mass is 32.1. The molecule has 0 aliphatic rings. The van der Waals surface area contributed by atoms with Crippen LogP contribution in [-0.4, -0.2) is 11.9 Å². The van der Waals surface area contributed by atoms with Gasteiger partial charge < -0.3 is 10.6 Å². The van der Waals surface area contributed by atoms with E-state index in [9.17, 15) is 4.79 Å². The van der Waals surface area contributed by atoms with Crippen molar-refractivity contribution in [1.82, 2.24) is 0 Å². The molecule has 0 unspecified atom stereocenters. The van der Waals surface area contributed by atoms with Gasteiger partial charge in [-0.3, -0.25) is 4.79 Å². The van der Waals surface area contributed by atoms with Crippen LogP contribution in [-0.2, 0) is 11.2 Å². The van der Waals surface area contributed by atoms with Gasteiger partial charge >= 0.3 is 0 Å². The number of hydrogen-bond acceptors (Lipinski definition) is 3. The van der Waals surface area contributed by atoms with E-state index < -0.39 is 0 Å². The van der Waals surface area contributed by atoms with Crippen molar-refractivity contribution in [2.45, 2.75) is 32.4 Å². The van der Waals surface area contributed by atoms with Gasteiger partial charge in [0.2, 0.25) is 0 Å². The lowest BCUT2D eigenvalue weighted by atomic mass is 10.0. The minimum absolute atomic E-state index is 0.0668. The second-order valence-electron chi connectivity index (χ2n) is 6.75. The summed E-state index contributed by atoms with van der Waals surface area (Å²) in [6.07, 6.45) is 1.01. The van der Waals surface area contributed by atoms with Crippen LogP contribution in [0.4, 0.5) is 5.69 Å². The molecule has 1 amide bonds. The van der Waals surface area contributed by atoms with Crippen LogP contribution in [0.5, 0.6) is 0 Å². The first-order valence-electron chi connectivity index (χ1n) is 9.39. The summed E-state index contributed by atoms with van der Waals surface area (Å²) in [4.78, 5) is 13.9. The van der Waals surface area contributed by atoms with Crippen LogP contribution in [0.15, 0.2) is 66.0 Å². The van der Waals surface area contributed by atoms with Crippen LogP contribution in [0.25, 0.3) is 0 Å². The number of thiophene rings is 1. The van der Waals surface area contributed by atoms with Crippen molar-refractivity contribution in [2.75, 3.05) is 5.32 Å². The maximum atomic E-state index is 12.7. The molecular formula is C23H24N3OS+. The summed E-state index contributed by atoms with van der Waals surface area (Å²) in [6.45, 7) is 4.05. The Morgan fingerprint density at radius 2 is 1.96 bits per heavy atom. The Bertz CT molecular complexity index is 958. The molecule has 28 heavy (non-hydrogen) atoms. The Morgan fingerprint density at radius 3 is 2.61 bits per heavy atom. The number of quaternary nitrogens is 1. The van der Waals surface area contributed by atoms with Crippen molar-refractivity contribution in [1.29, 1.82) is 5.26 Å². The van der Waals surface area contributed by atoms with Gasteiger partial charge in [0.15, 0.2) is 6.04 Å². The molecule has 3 aromatic rings. The van der Waals surface area contributed by atoms with Crippen LogP contribution in [0.3, 0.4) is 0 Å². The first-order chi connectivity index (χ1) is 13.6. The molecule has 0 fully saturated rings. The number of nitrogens with two attached hydrogens (primary N) is 1. The maximum absolute atomic E-state index is 12.7. The quantitative estimate of drug-likeness (QED) is 0.643. The van der Waals surface area contributed by atoms with E-state index in [1.54, 1.807) is 35.6 Å². The number of benzene rings is 2. The van der Waals surface area contributed by atoms with E-state index in [0.29, 0.717) is 11.3 Å². The highest BCUT2D eigenvalue weighted by Crippen LogP contribution is 2.23. The first-order valence-corrected chi connectivity index (χ1v) is 10.3. The number of nitrogens with one attached hydrogen (secondary N) is 1. The second-order valence-corrected chi connectivity index (χ2v) is 7.73. The molecule has 0 saturated heterocycles. The van der Waals surface area contributed by atoms with Crippen LogP contribution < -0.4 is 10.6 Å². The monoisotopic (exact) mass is 390 g/mol. The topological polar surface area (TPSA) is 69.5 Å². The Balaban J connectivity index is 1.76. The Hall–Kier alpha value is -2.94. The average Bonchev–Trinajstić information content (AvgIpc) is 3.26. The van der Waals surface area contributed by atoms with E-state index in [2.05, 4.69) is 59.3 Å². The third-order valence-electron chi connectivity index (χ3n) is 4.75. The predicted molar refractivity (Wildman–Crippen MR) is 113 cm³/mol. The van der Waals surface area contributed by atoms with Gasteiger partial charge in [-0.2, -0.15) is 5.26 Å². The number of anilines is 1. The highest BCUT2D eigenvalue weighted by Gasteiger charge is 2.25. The molecule has 3 rings (SSSR count). The third-order valence-corrected chi connectivity index (χ3v) is 5.71. The SMILES string of the molecule is CCc1ccc([C@H]([NH2+][C@H](C)C(=O)Nc2cccc(C#N)c2)c2cccs2)cc1. The van der Waals surface area contributed by atoms with E-state index in [0.717, 1.165) is 6.42 Å². The molecule has 0 spiro atoms. The smallest absolute Gasteiger partial charge is 0.282 e. The molecule has 0 aliphatic carbocycles. The number of rotatable bonds is 7. The average molecular weight is 391 g/mol. The third kappa shape index (κ3) is 4.86. The number of amides is 1. The number of hydrogen-bond donors (Lipinski definition) is 2. The van der Waals surface area contributed by atoms with Crippen LogP contribution in [0, 0.1) is 11.3 Å². The Kier molecular flexibility index (Phi) is 6.59. The van der Waals surface area contributed by atoms with Crippen molar-refractivity contribution in [3.63, 3.8) is 0 Å². The summed E-state index contributed by atoms with van der Waals surface area (Å²) in [6, 6.07) is 21.6. The summed E-state index contributed by atoms with van der Waals surface area (Å²) < 4.78 is 0. The minimum Gasteiger partial charge on any atom is -0.326 e. The number of carbonyl (C=O) groups is 1. The van der Waals surface area contributed by atoms with Gasteiger partial charge in [-0.15, -0.1) is 11.3 Å². The molecule has 0 aliphatic heterocycles. The maximum Gasteiger partial charge on any atom is 0.282 e. The fourth-order valence-electron chi connectivity index (χ4n) is 3.10. The largest absolute Gasteiger partial charge is 0.326 e. The first kappa shape index (κ1) is 19.8. The number of nitriles is 1. The number of nitrogens with zero attached hydrogens (tertiary/aromatic N) is 1. The van der Waals surface area contributed by atoms with Crippen molar-refractivity contribution < 1.29 is 10.1 Å². The standard InChI is InChI=1S/C23H23N3OS/c1-3-17-9-11-19(12-10-17)22(21-8-5-13-28-21)25-16(2)23(27)26-20-7-4-6-18(14-20)15-24/h4-14,16,22,25H,3H2,1-2H3,(H,26,27)/p+1/t16-,22+/m1/s1. The lowest BCUT2D eigenvalue weighted by Gasteiger charge is -2.20. The predicted octanol–water partition coefficient (Wildman–Crippen LogP) is 3.86. The molecule has 0 bridgehead atoms. The van der Waals surface area contributed by atoms with Gasteiger partial charge in [-0.1, -0.05) is 43.3 Å². The number of aryl methyl sites for hydroxylation is 1. The molecule has 4 nitrogen and oxygen atoms in total. The van der Waals surface area contributed by atoms with Crippen molar-refractivity contribution in [2.24, 2.45) is 0 Å². The van der Waals surface area contributed by atoms with Gasteiger partial charge in [0.25, 0.3) is 5.91 Å². The molecule has 5 heteroatoms. The molecule has 2 atom stereocenters. The molecule has 1 aromatic heterocycles. The van der Waals surface area contributed by atoms with E-state index in [-0.39, 0.29) is 18.0 Å². The van der Waals surface area contributed by atoms with Gasteiger partial charge in [0, 0.05) is 11.3 Å². The molecule has 2 aromatic carbocycles. The molecule has 142 valence electrons. The van der Waals surface area contributed by atoms with Crippen molar-refractivity contribution >= 4 is 22.9 Å². The highest BCUT2D eigenvalue weighted by molar-refractivity contribution is 7.10. The zero-order valence-corrected chi connectivity index (χ0v) is 16.9. The Labute approximate surface area is 169 Å². The van der Waals surface area contributed by atoms with Crippen molar-refractivity contribution in [3.05, 3.63) is 87.6 Å². The molecular weight excluding hydrogens is 366 g/mol. The lowest BCUT2D eigenvalue weighted by molar-refractivity contribution is -0.703. The van der Waals surface area contributed by atoms with E-state index in [4.69, 9.17) is 5.26 Å². The number of carbonyl (C=O) groups excluding carboxylic acids is 1. The fraction of sp³-hybridized carbons (Fsp3) is 0.217. The Morgan fingerprint density at radius 1 is 1.18 bits per heavy atom. The second kappa shape index (κ2) is 9.32. The van der Waals surface area contributed by atoms with Crippen LogP contribution in [0.1, 0.15) is 41.5 Å². The molecule has 0 radical (unpaired) electrons. The summed E-state index contributed by atoms with van der Waals surface area (Å²) >= 11 is 1.70. The zero-order valence-electron chi connectivity index (χ0n) is 16.1. The van der Waals surface area contributed by atoms with Gasteiger partial charge in [0.1, 0.15) is 6.04 Å². The normalized spacial score (nSPS) is 12.8. The van der Waals surface area contributed by atoms with Crippen LogP contribution >= 0.6 is 11.3 Å². The van der Waals surface area contributed by atoms with Crippen LogP contribution in [0.2, 0.25) is 0 Å². The fourth-order valence-corrected chi connectivity index (χ4v) is 3.93. The molecule has 1 heterocycles. The van der Waals surface area contributed by atoms with Crippen molar-refractivity contribution in [3.8, 4) is 6.07 Å². The van der Waals surface area contributed by atoms with E-state index in [1.807, 2.05) is 13.0 Å². The molecule has 0 saturated carbocycles. The van der Waals surface area contributed by atoms with Gasteiger partial charge in [-0.25, -0.2) is 0 Å². The van der Waals surface area contributed by atoms with Gasteiger partial charge in [-0.05, 0) is 48.6 Å². The summed E-state index contributed by atoms with van der Waals surface area (Å²) in [5.41, 5.74) is 3.66. The van der Waals surface area contributed by atoms with E-state index in [1.165, 1.54) is 16.0 Å². The summed E-state index contributed by atoms with van der Waals surface area (Å²) in [7, 11) is 0. The van der Waals surface area contributed by atoms with E-state index >= 15 is 0 Å². The van der Waals surface area contributed by atoms with Gasteiger partial charge in [0.05, 0.1) is 16.5 Å².